The van der Waals surface area contributed by atoms with Crippen LogP contribution in [0.15, 0.2) is 17.5 Å². The summed E-state index contributed by atoms with van der Waals surface area (Å²) in [5, 5.41) is 23.3. The fourth-order valence-electron chi connectivity index (χ4n) is 1.47. The standard InChI is InChI=1S/C11H19NO2S/c1-2-4-10(11-5-3-6-15-11)12-7-9(14)8-13/h3,5-6,9-10,12-14H,2,4,7-8H2,1H3. The van der Waals surface area contributed by atoms with Gasteiger partial charge in [0.15, 0.2) is 0 Å². The van der Waals surface area contributed by atoms with Crippen LogP contribution in [0, 0.1) is 0 Å². The number of hydrogen-bond acceptors (Lipinski definition) is 4. The van der Waals surface area contributed by atoms with Crippen molar-refractivity contribution in [3.05, 3.63) is 22.4 Å². The van der Waals surface area contributed by atoms with E-state index in [9.17, 15) is 5.11 Å². The van der Waals surface area contributed by atoms with Crippen LogP contribution in [-0.4, -0.2) is 29.5 Å². The van der Waals surface area contributed by atoms with E-state index in [0.29, 0.717) is 12.6 Å². The summed E-state index contributed by atoms with van der Waals surface area (Å²) >= 11 is 1.72. The van der Waals surface area contributed by atoms with Crippen LogP contribution in [-0.2, 0) is 0 Å². The molecule has 1 heterocycles. The molecular formula is C11H19NO2S. The smallest absolute Gasteiger partial charge is 0.0895 e. The Morgan fingerprint density at radius 2 is 2.33 bits per heavy atom. The number of thiophene rings is 1. The molecule has 2 atom stereocenters. The first-order chi connectivity index (χ1) is 7.27. The minimum atomic E-state index is -0.663. The predicted octanol–water partition coefficient (Wildman–Crippen LogP) is 1.53. The van der Waals surface area contributed by atoms with Crippen molar-refractivity contribution in [2.75, 3.05) is 13.2 Å². The van der Waals surface area contributed by atoms with Crippen LogP contribution < -0.4 is 5.32 Å². The van der Waals surface area contributed by atoms with Crippen molar-refractivity contribution < 1.29 is 10.2 Å². The van der Waals surface area contributed by atoms with E-state index < -0.39 is 6.10 Å². The van der Waals surface area contributed by atoms with Crippen LogP contribution in [0.4, 0.5) is 0 Å². The lowest BCUT2D eigenvalue weighted by molar-refractivity contribution is 0.0916. The number of rotatable bonds is 7. The molecule has 0 fully saturated rings. The normalized spacial score (nSPS) is 15.1. The zero-order valence-corrected chi connectivity index (χ0v) is 9.83. The lowest BCUT2D eigenvalue weighted by Crippen LogP contribution is -2.32. The Labute approximate surface area is 94.8 Å². The monoisotopic (exact) mass is 229 g/mol. The largest absolute Gasteiger partial charge is 0.394 e. The SMILES string of the molecule is CCCC(NCC(O)CO)c1cccs1. The fourth-order valence-corrected chi connectivity index (χ4v) is 2.30. The zero-order chi connectivity index (χ0) is 11.1. The summed E-state index contributed by atoms with van der Waals surface area (Å²) in [6.07, 6.45) is 1.49. The van der Waals surface area contributed by atoms with Crippen LogP contribution in [0.5, 0.6) is 0 Å². The van der Waals surface area contributed by atoms with E-state index in [-0.39, 0.29) is 6.61 Å². The third kappa shape index (κ3) is 4.30. The summed E-state index contributed by atoms with van der Waals surface area (Å²) in [6.45, 7) is 2.40. The van der Waals surface area contributed by atoms with Crippen molar-refractivity contribution in [3.8, 4) is 0 Å². The van der Waals surface area contributed by atoms with E-state index in [1.54, 1.807) is 11.3 Å². The van der Waals surface area contributed by atoms with Gasteiger partial charge in [0.25, 0.3) is 0 Å². The summed E-state index contributed by atoms with van der Waals surface area (Å²) in [5.41, 5.74) is 0. The highest BCUT2D eigenvalue weighted by atomic mass is 32.1. The minimum Gasteiger partial charge on any atom is -0.394 e. The molecule has 0 aliphatic heterocycles. The first kappa shape index (κ1) is 12.6. The van der Waals surface area contributed by atoms with Crippen molar-refractivity contribution in [3.63, 3.8) is 0 Å². The summed E-state index contributed by atoms with van der Waals surface area (Å²) < 4.78 is 0. The molecule has 0 saturated heterocycles. The maximum atomic E-state index is 9.26. The summed E-state index contributed by atoms with van der Waals surface area (Å²) in [7, 11) is 0. The molecular weight excluding hydrogens is 210 g/mol. The molecule has 0 spiro atoms. The Morgan fingerprint density at radius 3 is 2.87 bits per heavy atom. The average Bonchev–Trinajstić information content (AvgIpc) is 2.76. The third-order valence-electron chi connectivity index (χ3n) is 2.27. The van der Waals surface area contributed by atoms with Gasteiger partial charge in [0, 0.05) is 17.5 Å². The molecule has 0 amide bonds. The zero-order valence-electron chi connectivity index (χ0n) is 9.02. The van der Waals surface area contributed by atoms with Gasteiger partial charge in [-0.3, -0.25) is 0 Å². The van der Waals surface area contributed by atoms with Gasteiger partial charge in [-0.05, 0) is 17.9 Å². The van der Waals surface area contributed by atoms with E-state index in [0.717, 1.165) is 12.8 Å². The van der Waals surface area contributed by atoms with Crippen molar-refractivity contribution in [2.24, 2.45) is 0 Å². The summed E-state index contributed by atoms with van der Waals surface area (Å²) in [4.78, 5) is 1.29. The van der Waals surface area contributed by atoms with Gasteiger partial charge < -0.3 is 15.5 Å². The molecule has 15 heavy (non-hydrogen) atoms. The Hall–Kier alpha value is -0.420. The second kappa shape index (κ2) is 6.95. The van der Waals surface area contributed by atoms with Gasteiger partial charge in [0.2, 0.25) is 0 Å². The number of aliphatic hydroxyl groups excluding tert-OH is 2. The molecule has 0 aromatic carbocycles. The summed E-state index contributed by atoms with van der Waals surface area (Å²) in [5.74, 6) is 0. The van der Waals surface area contributed by atoms with Crippen molar-refractivity contribution >= 4 is 11.3 Å². The lowest BCUT2D eigenvalue weighted by atomic mass is 10.1. The second-order valence-corrected chi connectivity index (χ2v) is 4.58. The highest BCUT2D eigenvalue weighted by Crippen LogP contribution is 2.22. The molecule has 3 nitrogen and oxygen atoms in total. The molecule has 0 aliphatic rings. The van der Waals surface area contributed by atoms with Crippen LogP contribution in [0.1, 0.15) is 30.7 Å². The highest BCUT2D eigenvalue weighted by molar-refractivity contribution is 7.10. The van der Waals surface area contributed by atoms with Gasteiger partial charge in [-0.2, -0.15) is 0 Å². The van der Waals surface area contributed by atoms with Crippen LogP contribution in [0.25, 0.3) is 0 Å². The fraction of sp³-hybridized carbons (Fsp3) is 0.636. The van der Waals surface area contributed by atoms with Crippen LogP contribution in [0.3, 0.4) is 0 Å². The Balaban J connectivity index is 2.44. The Morgan fingerprint density at radius 1 is 1.53 bits per heavy atom. The van der Waals surface area contributed by atoms with Gasteiger partial charge >= 0.3 is 0 Å². The topological polar surface area (TPSA) is 52.5 Å². The molecule has 4 heteroatoms. The first-order valence-electron chi connectivity index (χ1n) is 5.33. The van der Waals surface area contributed by atoms with E-state index in [2.05, 4.69) is 23.7 Å². The number of aliphatic hydroxyl groups is 2. The average molecular weight is 229 g/mol. The van der Waals surface area contributed by atoms with Crippen molar-refractivity contribution in [1.29, 1.82) is 0 Å². The van der Waals surface area contributed by atoms with Crippen molar-refractivity contribution in [1.82, 2.24) is 5.32 Å². The van der Waals surface area contributed by atoms with E-state index in [4.69, 9.17) is 5.11 Å². The van der Waals surface area contributed by atoms with Gasteiger partial charge in [-0.15, -0.1) is 11.3 Å². The minimum absolute atomic E-state index is 0.184. The number of nitrogens with one attached hydrogen (secondary N) is 1. The highest BCUT2D eigenvalue weighted by Gasteiger charge is 2.12. The molecule has 0 bridgehead atoms. The maximum Gasteiger partial charge on any atom is 0.0895 e. The van der Waals surface area contributed by atoms with Crippen molar-refractivity contribution in [2.45, 2.75) is 31.9 Å². The molecule has 0 saturated carbocycles. The molecule has 0 radical (unpaired) electrons. The molecule has 1 aromatic heterocycles. The molecule has 2 unspecified atom stereocenters. The second-order valence-electron chi connectivity index (χ2n) is 3.60. The van der Waals surface area contributed by atoms with Gasteiger partial charge in [-0.1, -0.05) is 19.4 Å². The maximum absolute atomic E-state index is 9.26. The predicted molar refractivity (Wildman–Crippen MR) is 63.1 cm³/mol. The third-order valence-corrected chi connectivity index (χ3v) is 3.26. The van der Waals surface area contributed by atoms with Crippen LogP contribution in [0.2, 0.25) is 0 Å². The molecule has 1 aromatic rings. The first-order valence-corrected chi connectivity index (χ1v) is 6.21. The van der Waals surface area contributed by atoms with E-state index in [1.807, 2.05) is 6.07 Å². The van der Waals surface area contributed by atoms with Crippen LogP contribution >= 0.6 is 11.3 Å². The Kier molecular flexibility index (Phi) is 5.86. The Bertz CT molecular complexity index is 251. The quantitative estimate of drug-likeness (QED) is 0.664. The van der Waals surface area contributed by atoms with Gasteiger partial charge in [-0.25, -0.2) is 0 Å². The summed E-state index contributed by atoms with van der Waals surface area (Å²) in [6, 6.07) is 4.44. The number of hydrogen-bond donors (Lipinski definition) is 3. The molecule has 86 valence electrons. The molecule has 1 rings (SSSR count). The van der Waals surface area contributed by atoms with E-state index >= 15 is 0 Å². The molecule has 0 aliphatic carbocycles. The lowest BCUT2D eigenvalue weighted by Gasteiger charge is -2.18. The van der Waals surface area contributed by atoms with Gasteiger partial charge in [0.05, 0.1) is 12.7 Å². The van der Waals surface area contributed by atoms with E-state index in [1.165, 1.54) is 4.88 Å². The molecule has 3 N–H and O–H groups in total. The van der Waals surface area contributed by atoms with Gasteiger partial charge in [0.1, 0.15) is 0 Å².